The lowest BCUT2D eigenvalue weighted by atomic mass is 10.2. The zero-order valence-corrected chi connectivity index (χ0v) is 22.4. The van der Waals surface area contributed by atoms with E-state index >= 15 is 0 Å². The fourth-order valence-electron chi connectivity index (χ4n) is 3.92. The van der Waals surface area contributed by atoms with Crippen LogP contribution in [0.5, 0.6) is 0 Å². The standard InChI is InChI=1S/C25H28F3N7O4S/c1-35(40(2,38)39)22-16(4-3-9-29-22)11-30-21-20(25(26,27)28)13-32-24(34-21)33-19-7-5-15(6-8-19)23(37)31-12-17-10-18(17)14-36/h3-9,13,17-18,36H,10-12,14H2,1-2H3,(H,31,37)(H2,30,32,33,34)/t17-,18-/m0/s1. The van der Waals surface area contributed by atoms with Crippen LogP contribution < -0.4 is 20.3 Å². The summed E-state index contributed by atoms with van der Waals surface area (Å²) in [4.78, 5) is 24.2. The second kappa shape index (κ2) is 11.6. The number of carbonyl (C=O) groups is 1. The summed E-state index contributed by atoms with van der Waals surface area (Å²) >= 11 is 0. The van der Waals surface area contributed by atoms with Gasteiger partial charge in [0.15, 0.2) is 0 Å². The Kier molecular flexibility index (Phi) is 8.44. The van der Waals surface area contributed by atoms with E-state index in [4.69, 9.17) is 5.11 Å². The molecule has 0 aliphatic heterocycles. The minimum atomic E-state index is -4.76. The van der Waals surface area contributed by atoms with E-state index in [0.717, 1.165) is 17.0 Å². The number of anilines is 4. The average Bonchev–Trinajstić information content (AvgIpc) is 3.68. The molecule has 0 unspecified atom stereocenters. The summed E-state index contributed by atoms with van der Waals surface area (Å²) in [5, 5.41) is 17.4. The Balaban J connectivity index is 1.48. The Bertz CT molecular complexity index is 1470. The number of aromatic nitrogens is 3. The highest BCUT2D eigenvalue weighted by Crippen LogP contribution is 2.37. The van der Waals surface area contributed by atoms with Crippen LogP contribution in [0.25, 0.3) is 0 Å². The van der Waals surface area contributed by atoms with E-state index in [1.165, 1.54) is 25.4 Å². The number of benzene rings is 1. The minimum Gasteiger partial charge on any atom is -0.396 e. The quantitative estimate of drug-likeness (QED) is 0.269. The molecule has 2 heterocycles. The molecule has 0 bridgehead atoms. The van der Waals surface area contributed by atoms with Crippen molar-refractivity contribution in [2.45, 2.75) is 19.1 Å². The van der Waals surface area contributed by atoms with Gasteiger partial charge in [0.05, 0.1) is 6.26 Å². The van der Waals surface area contributed by atoms with Crippen molar-refractivity contribution < 1.29 is 31.5 Å². The molecule has 0 saturated heterocycles. The zero-order valence-electron chi connectivity index (χ0n) is 21.6. The van der Waals surface area contributed by atoms with Crippen molar-refractivity contribution >= 4 is 39.2 Å². The molecule has 15 heteroatoms. The molecule has 1 saturated carbocycles. The zero-order chi connectivity index (χ0) is 29.1. The lowest BCUT2D eigenvalue weighted by Gasteiger charge is -2.20. The number of pyridine rings is 1. The maximum absolute atomic E-state index is 13.7. The first kappa shape index (κ1) is 29.0. The number of nitrogens with zero attached hydrogens (tertiary/aromatic N) is 4. The maximum Gasteiger partial charge on any atom is 0.421 e. The Morgan fingerprint density at radius 3 is 2.50 bits per heavy atom. The molecule has 40 heavy (non-hydrogen) atoms. The topological polar surface area (TPSA) is 149 Å². The van der Waals surface area contributed by atoms with Gasteiger partial charge >= 0.3 is 6.18 Å². The number of alkyl halides is 3. The first-order chi connectivity index (χ1) is 18.9. The van der Waals surface area contributed by atoms with Crippen LogP contribution in [0.3, 0.4) is 0 Å². The van der Waals surface area contributed by atoms with E-state index in [-0.39, 0.29) is 42.7 Å². The number of aliphatic hydroxyl groups excluding tert-OH is 1. The molecule has 11 nitrogen and oxygen atoms in total. The van der Waals surface area contributed by atoms with Crippen molar-refractivity contribution in [3.63, 3.8) is 0 Å². The second-order valence-electron chi connectivity index (χ2n) is 9.37. The third-order valence-electron chi connectivity index (χ3n) is 6.44. The molecule has 0 radical (unpaired) electrons. The summed E-state index contributed by atoms with van der Waals surface area (Å²) in [5.41, 5.74) is 0.0630. The van der Waals surface area contributed by atoms with Crippen molar-refractivity contribution in [1.29, 1.82) is 0 Å². The van der Waals surface area contributed by atoms with Crippen molar-refractivity contribution in [3.05, 3.63) is 65.5 Å². The molecule has 2 atom stereocenters. The van der Waals surface area contributed by atoms with Gasteiger partial charge in [-0.15, -0.1) is 0 Å². The molecule has 3 aromatic rings. The fourth-order valence-corrected chi connectivity index (χ4v) is 4.39. The van der Waals surface area contributed by atoms with Crippen LogP contribution in [-0.4, -0.2) is 60.8 Å². The van der Waals surface area contributed by atoms with E-state index in [1.54, 1.807) is 24.3 Å². The van der Waals surface area contributed by atoms with Crippen molar-refractivity contribution in [3.8, 4) is 0 Å². The third kappa shape index (κ3) is 7.15. The SMILES string of the molecule is CN(c1ncccc1CNc1nc(Nc2ccc(C(=O)NC[C@@H]3C[C@H]3CO)cc2)ncc1C(F)(F)F)S(C)(=O)=O. The number of nitrogens with one attached hydrogen (secondary N) is 3. The summed E-state index contributed by atoms with van der Waals surface area (Å²) in [6, 6.07) is 9.33. The van der Waals surface area contributed by atoms with Crippen LogP contribution in [0, 0.1) is 11.8 Å². The Morgan fingerprint density at radius 2 is 1.88 bits per heavy atom. The lowest BCUT2D eigenvalue weighted by molar-refractivity contribution is -0.137. The van der Waals surface area contributed by atoms with Gasteiger partial charge in [0.25, 0.3) is 5.91 Å². The van der Waals surface area contributed by atoms with Crippen LogP contribution in [0.2, 0.25) is 0 Å². The number of rotatable bonds is 11. The van der Waals surface area contributed by atoms with Crippen LogP contribution >= 0.6 is 0 Å². The van der Waals surface area contributed by atoms with Gasteiger partial charge in [-0.05, 0) is 48.6 Å². The molecule has 214 valence electrons. The van der Waals surface area contributed by atoms with Crippen molar-refractivity contribution in [1.82, 2.24) is 20.3 Å². The summed E-state index contributed by atoms with van der Waals surface area (Å²) in [6.07, 6.45) is -0.865. The molecule has 1 fully saturated rings. The van der Waals surface area contributed by atoms with Gasteiger partial charge in [0.1, 0.15) is 17.2 Å². The van der Waals surface area contributed by atoms with E-state index < -0.39 is 27.6 Å². The minimum absolute atomic E-state index is 0.0629. The molecule has 2 aromatic heterocycles. The average molecular weight is 580 g/mol. The molecule has 1 aromatic carbocycles. The second-order valence-corrected chi connectivity index (χ2v) is 11.4. The predicted octanol–water partition coefficient (Wildman–Crippen LogP) is 3.00. The molecular weight excluding hydrogens is 551 g/mol. The molecular formula is C25H28F3N7O4S. The maximum atomic E-state index is 13.7. The third-order valence-corrected chi connectivity index (χ3v) is 7.60. The largest absolute Gasteiger partial charge is 0.421 e. The monoisotopic (exact) mass is 579 g/mol. The van der Waals surface area contributed by atoms with Gasteiger partial charge in [-0.2, -0.15) is 18.2 Å². The number of halogens is 3. The highest BCUT2D eigenvalue weighted by Gasteiger charge is 2.36. The van der Waals surface area contributed by atoms with Crippen LogP contribution in [0.1, 0.15) is 27.9 Å². The summed E-state index contributed by atoms with van der Waals surface area (Å²) in [6.45, 7) is 0.381. The fraction of sp³-hybridized carbons (Fsp3) is 0.360. The highest BCUT2D eigenvalue weighted by atomic mass is 32.2. The first-order valence-electron chi connectivity index (χ1n) is 12.2. The van der Waals surface area contributed by atoms with E-state index in [1.807, 2.05) is 0 Å². The lowest BCUT2D eigenvalue weighted by Crippen LogP contribution is -2.27. The Labute approximate surface area is 228 Å². The van der Waals surface area contributed by atoms with Gasteiger partial charge in [-0.3, -0.25) is 9.10 Å². The van der Waals surface area contributed by atoms with Crippen LogP contribution in [-0.2, 0) is 22.7 Å². The van der Waals surface area contributed by atoms with Gasteiger partial charge < -0.3 is 21.1 Å². The van der Waals surface area contributed by atoms with E-state index in [2.05, 4.69) is 30.9 Å². The summed E-state index contributed by atoms with van der Waals surface area (Å²) in [5.74, 6) is -0.345. The summed E-state index contributed by atoms with van der Waals surface area (Å²) < 4.78 is 65.9. The first-order valence-corrected chi connectivity index (χ1v) is 14.0. The number of hydrogen-bond acceptors (Lipinski definition) is 9. The van der Waals surface area contributed by atoms with Gasteiger partial charge in [-0.1, -0.05) is 6.07 Å². The predicted molar refractivity (Wildman–Crippen MR) is 143 cm³/mol. The van der Waals surface area contributed by atoms with Crippen LogP contribution in [0.4, 0.5) is 36.4 Å². The molecule has 0 spiro atoms. The number of amides is 1. The van der Waals surface area contributed by atoms with Gasteiger partial charge in [-0.25, -0.2) is 18.4 Å². The molecule has 4 rings (SSSR count). The van der Waals surface area contributed by atoms with Gasteiger partial charge in [0, 0.05) is 56.0 Å². The normalized spacial score (nSPS) is 16.8. The summed E-state index contributed by atoms with van der Waals surface area (Å²) in [7, 11) is -2.36. The number of hydrogen-bond donors (Lipinski definition) is 4. The van der Waals surface area contributed by atoms with Gasteiger partial charge in [0.2, 0.25) is 16.0 Å². The smallest absolute Gasteiger partial charge is 0.396 e. The molecule has 1 aliphatic rings. The molecule has 4 N–H and O–H groups in total. The number of carbonyl (C=O) groups excluding carboxylic acids is 1. The van der Waals surface area contributed by atoms with Crippen molar-refractivity contribution in [2.75, 3.05) is 41.4 Å². The highest BCUT2D eigenvalue weighted by molar-refractivity contribution is 7.92. The number of aliphatic hydroxyl groups is 1. The van der Waals surface area contributed by atoms with E-state index in [0.29, 0.717) is 29.6 Å². The number of sulfonamides is 1. The van der Waals surface area contributed by atoms with Crippen LogP contribution in [0.15, 0.2) is 48.8 Å². The molecule has 1 aliphatic carbocycles. The Morgan fingerprint density at radius 1 is 1.15 bits per heavy atom. The molecule has 1 amide bonds. The Hall–Kier alpha value is -3.98. The van der Waals surface area contributed by atoms with Crippen molar-refractivity contribution in [2.24, 2.45) is 11.8 Å². The van der Waals surface area contributed by atoms with E-state index in [9.17, 15) is 26.4 Å².